The van der Waals surface area contributed by atoms with E-state index in [2.05, 4.69) is 15.5 Å². The zero-order valence-electron chi connectivity index (χ0n) is 14.6. The average Bonchev–Trinajstić information content (AvgIpc) is 2.65. The molecule has 4 nitrogen and oxygen atoms in total. The van der Waals surface area contributed by atoms with Crippen LogP contribution in [0.4, 0.5) is 5.69 Å². The van der Waals surface area contributed by atoms with Crippen molar-refractivity contribution in [3.05, 3.63) is 45.4 Å². The van der Waals surface area contributed by atoms with E-state index in [0.29, 0.717) is 20.8 Å². The van der Waals surface area contributed by atoms with Crippen LogP contribution in [-0.4, -0.2) is 51.3 Å². The van der Waals surface area contributed by atoms with Crippen LogP contribution in [0, 0.1) is 0 Å². The van der Waals surface area contributed by atoms with E-state index < -0.39 is 0 Å². The molecule has 0 aliphatic carbocycles. The van der Waals surface area contributed by atoms with Crippen LogP contribution in [0.3, 0.4) is 0 Å². The van der Waals surface area contributed by atoms with Crippen LogP contribution < -0.4 is 15.4 Å². The van der Waals surface area contributed by atoms with Gasteiger partial charge in [0.15, 0.2) is 0 Å². The molecule has 2 aromatic rings. The summed E-state index contributed by atoms with van der Waals surface area (Å²) in [5, 5.41) is 8.61. The molecule has 0 spiro atoms. The molecule has 2 N–H and O–H groups in total. The second kappa shape index (κ2) is 9.16. The normalized spacial score (nSPS) is 15.1. The first-order valence-electron chi connectivity index (χ1n) is 8.58. The summed E-state index contributed by atoms with van der Waals surface area (Å²) in [6, 6.07) is 9.13. The third-order valence-electron chi connectivity index (χ3n) is 4.46. The van der Waals surface area contributed by atoms with Crippen LogP contribution in [0.5, 0.6) is 5.75 Å². The summed E-state index contributed by atoms with van der Waals surface area (Å²) in [5.41, 5.74) is 2.51. The lowest BCUT2D eigenvalue weighted by Gasteiger charge is -2.27. The van der Waals surface area contributed by atoms with E-state index in [-0.39, 0.29) is 0 Å². The molecule has 1 aliphatic rings. The van der Waals surface area contributed by atoms with Crippen molar-refractivity contribution in [3.8, 4) is 16.9 Å². The molecule has 0 saturated carbocycles. The molecule has 1 saturated heterocycles. The Morgan fingerprint density at radius 3 is 2.50 bits per heavy atom. The molecular formula is C19H22Cl3N3O. The number of benzene rings is 2. The number of methoxy groups -OCH3 is 1. The van der Waals surface area contributed by atoms with E-state index >= 15 is 0 Å². The minimum atomic E-state index is 0.568. The lowest BCUT2D eigenvalue weighted by atomic mass is 10.0. The van der Waals surface area contributed by atoms with Gasteiger partial charge in [-0.1, -0.05) is 34.8 Å². The fraction of sp³-hybridized carbons (Fsp3) is 0.368. The first kappa shape index (κ1) is 19.6. The second-order valence-electron chi connectivity index (χ2n) is 6.17. The van der Waals surface area contributed by atoms with E-state index in [9.17, 15) is 0 Å². The second-order valence-corrected chi connectivity index (χ2v) is 7.43. The Morgan fingerprint density at radius 1 is 1.04 bits per heavy atom. The predicted molar refractivity (Wildman–Crippen MR) is 111 cm³/mol. The molecule has 0 aromatic heterocycles. The summed E-state index contributed by atoms with van der Waals surface area (Å²) in [4.78, 5) is 2.43. The van der Waals surface area contributed by atoms with Gasteiger partial charge in [-0.25, -0.2) is 0 Å². The number of hydrogen-bond donors (Lipinski definition) is 2. The standard InChI is InChI=1S/C19H22Cl3N3O/c1-26-19-12-17(22)15(14-10-13(20)2-3-16(14)21)11-18(19)24-6-9-25-7-4-23-5-8-25/h2-3,10-12,23-24H,4-9H2,1H3. The van der Waals surface area contributed by atoms with Crippen LogP contribution in [0.1, 0.15) is 0 Å². The molecule has 1 fully saturated rings. The number of hydrogen-bond acceptors (Lipinski definition) is 4. The van der Waals surface area contributed by atoms with Crippen LogP contribution in [0.15, 0.2) is 30.3 Å². The number of rotatable bonds is 6. The zero-order chi connectivity index (χ0) is 18.5. The van der Waals surface area contributed by atoms with E-state index in [0.717, 1.165) is 56.1 Å². The monoisotopic (exact) mass is 413 g/mol. The van der Waals surface area contributed by atoms with Crippen molar-refractivity contribution < 1.29 is 4.74 Å². The number of piperazine rings is 1. The lowest BCUT2D eigenvalue weighted by molar-refractivity contribution is 0.249. The summed E-state index contributed by atoms with van der Waals surface area (Å²) < 4.78 is 5.48. The van der Waals surface area contributed by atoms with Gasteiger partial charge in [0.05, 0.1) is 17.8 Å². The van der Waals surface area contributed by atoms with Gasteiger partial charge in [-0.15, -0.1) is 0 Å². The van der Waals surface area contributed by atoms with Crippen LogP contribution in [-0.2, 0) is 0 Å². The molecule has 2 aromatic carbocycles. The van der Waals surface area contributed by atoms with Crippen molar-refractivity contribution in [2.75, 3.05) is 51.7 Å². The quantitative estimate of drug-likeness (QED) is 0.722. The van der Waals surface area contributed by atoms with Crippen LogP contribution in [0.25, 0.3) is 11.1 Å². The molecule has 7 heteroatoms. The van der Waals surface area contributed by atoms with Crippen molar-refractivity contribution in [3.63, 3.8) is 0 Å². The fourth-order valence-corrected chi connectivity index (χ4v) is 3.70. The summed E-state index contributed by atoms with van der Waals surface area (Å²) >= 11 is 19.0. The highest BCUT2D eigenvalue weighted by atomic mass is 35.5. The van der Waals surface area contributed by atoms with Gasteiger partial charge in [0.25, 0.3) is 0 Å². The number of nitrogens with zero attached hydrogens (tertiary/aromatic N) is 1. The van der Waals surface area contributed by atoms with E-state index in [1.165, 1.54) is 0 Å². The van der Waals surface area contributed by atoms with Gasteiger partial charge in [0.1, 0.15) is 5.75 Å². The topological polar surface area (TPSA) is 36.5 Å². The van der Waals surface area contributed by atoms with Gasteiger partial charge in [-0.3, -0.25) is 4.90 Å². The van der Waals surface area contributed by atoms with Crippen molar-refractivity contribution >= 4 is 40.5 Å². The minimum Gasteiger partial charge on any atom is -0.495 e. The summed E-state index contributed by atoms with van der Waals surface area (Å²) in [6.45, 7) is 6.02. The molecule has 1 aliphatic heterocycles. The number of nitrogens with one attached hydrogen (secondary N) is 2. The number of halogens is 3. The molecule has 1 heterocycles. The summed E-state index contributed by atoms with van der Waals surface area (Å²) in [5.74, 6) is 0.706. The van der Waals surface area contributed by atoms with Gasteiger partial charge >= 0.3 is 0 Å². The van der Waals surface area contributed by atoms with E-state index in [4.69, 9.17) is 39.5 Å². The molecule has 0 bridgehead atoms. The van der Waals surface area contributed by atoms with Crippen molar-refractivity contribution in [1.82, 2.24) is 10.2 Å². The SMILES string of the molecule is COc1cc(Cl)c(-c2cc(Cl)ccc2Cl)cc1NCCN1CCNCC1. The molecule has 26 heavy (non-hydrogen) atoms. The molecule has 0 amide bonds. The van der Waals surface area contributed by atoms with Gasteiger partial charge in [-0.05, 0) is 24.3 Å². The zero-order valence-corrected chi connectivity index (χ0v) is 16.9. The van der Waals surface area contributed by atoms with E-state index in [1.807, 2.05) is 12.1 Å². The van der Waals surface area contributed by atoms with Crippen molar-refractivity contribution in [2.45, 2.75) is 0 Å². The maximum atomic E-state index is 6.47. The predicted octanol–water partition coefficient (Wildman–Crippen LogP) is 4.64. The molecular weight excluding hydrogens is 393 g/mol. The fourth-order valence-electron chi connectivity index (χ4n) is 3.06. The smallest absolute Gasteiger partial charge is 0.143 e. The Balaban J connectivity index is 1.81. The minimum absolute atomic E-state index is 0.568. The summed E-state index contributed by atoms with van der Waals surface area (Å²) in [7, 11) is 1.64. The lowest BCUT2D eigenvalue weighted by Crippen LogP contribution is -2.45. The highest BCUT2D eigenvalue weighted by Gasteiger charge is 2.14. The Morgan fingerprint density at radius 2 is 1.77 bits per heavy atom. The maximum Gasteiger partial charge on any atom is 0.143 e. The first-order chi connectivity index (χ1) is 12.6. The first-order valence-corrected chi connectivity index (χ1v) is 9.72. The maximum absolute atomic E-state index is 6.47. The molecule has 0 atom stereocenters. The highest BCUT2D eigenvalue weighted by molar-refractivity contribution is 6.37. The van der Waals surface area contributed by atoms with Crippen LogP contribution in [0.2, 0.25) is 15.1 Å². The van der Waals surface area contributed by atoms with Gasteiger partial charge in [-0.2, -0.15) is 0 Å². The Hall–Kier alpha value is -1.17. The highest BCUT2D eigenvalue weighted by Crippen LogP contribution is 2.40. The van der Waals surface area contributed by atoms with E-state index in [1.54, 1.807) is 25.3 Å². The largest absolute Gasteiger partial charge is 0.495 e. The third-order valence-corrected chi connectivity index (χ3v) is 5.34. The Kier molecular flexibility index (Phi) is 6.90. The van der Waals surface area contributed by atoms with Gasteiger partial charge in [0, 0.05) is 66.5 Å². The van der Waals surface area contributed by atoms with Gasteiger partial charge < -0.3 is 15.4 Å². The number of ether oxygens (including phenoxy) is 1. The summed E-state index contributed by atoms with van der Waals surface area (Å²) in [6.07, 6.45) is 0. The average molecular weight is 415 g/mol. The molecule has 140 valence electrons. The third kappa shape index (κ3) is 4.76. The van der Waals surface area contributed by atoms with Crippen LogP contribution >= 0.6 is 34.8 Å². The molecule has 0 unspecified atom stereocenters. The molecule has 0 radical (unpaired) electrons. The van der Waals surface area contributed by atoms with Gasteiger partial charge in [0.2, 0.25) is 0 Å². The Bertz CT molecular complexity index is 764. The van der Waals surface area contributed by atoms with Crippen molar-refractivity contribution in [1.29, 1.82) is 0 Å². The Labute approximate surface area is 169 Å². The van der Waals surface area contributed by atoms with Crippen molar-refractivity contribution in [2.24, 2.45) is 0 Å². The molecule has 3 rings (SSSR count). The number of anilines is 1.